The van der Waals surface area contributed by atoms with Gasteiger partial charge in [-0.25, -0.2) is 4.79 Å². The largest absolute Gasteiger partial charge is 1.00 e. The predicted molar refractivity (Wildman–Crippen MR) is 72.7 cm³/mol. The maximum Gasteiger partial charge on any atom is 1.00 e. The Balaban J connectivity index is 0. The minimum absolute atomic E-state index is 0. The molecular weight excluding hydrogens is 520 g/mol. The summed E-state index contributed by atoms with van der Waals surface area (Å²) in [5, 5.41) is 8.77. The molecule has 0 heterocycles. The molecular formula is C7H4I3NaO2. The van der Waals surface area contributed by atoms with E-state index < -0.39 is 5.97 Å². The standard InChI is InChI=1S/C7H3I3O2.Na.H/c8-4-2-1-3(7(11)12)5(9)6(4)10;;/h1-2H,(H,11,12);;/q;+1;-1. The number of rotatable bonds is 1. The van der Waals surface area contributed by atoms with Crippen LogP contribution in [0.3, 0.4) is 0 Å². The Morgan fingerprint density at radius 3 is 2.23 bits per heavy atom. The molecule has 0 aliphatic carbocycles. The van der Waals surface area contributed by atoms with Crippen molar-refractivity contribution in [1.82, 2.24) is 0 Å². The summed E-state index contributed by atoms with van der Waals surface area (Å²) < 4.78 is 2.91. The van der Waals surface area contributed by atoms with Gasteiger partial charge in [-0.3, -0.25) is 0 Å². The van der Waals surface area contributed by atoms with E-state index in [9.17, 15) is 4.79 Å². The van der Waals surface area contributed by atoms with Gasteiger partial charge in [0, 0.05) is 10.7 Å². The van der Waals surface area contributed by atoms with E-state index >= 15 is 0 Å². The summed E-state index contributed by atoms with van der Waals surface area (Å²) in [4.78, 5) is 10.7. The second kappa shape index (κ2) is 6.46. The van der Waals surface area contributed by atoms with E-state index in [4.69, 9.17) is 5.11 Å². The van der Waals surface area contributed by atoms with Gasteiger partial charge >= 0.3 is 35.5 Å². The zero-order valence-corrected chi connectivity index (χ0v) is 15.1. The molecule has 1 aromatic rings. The molecule has 1 aromatic carbocycles. The van der Waals surface area contributed by atoms with E-state index in [1.807, 2.05) is 6.07 Å². The van der Waals surface area contributed by atoms with Crippen LogP contribution < -0.4 is 29.6 Å². The first kappa shape index (κ1) is 14.9. The maximum absolute atomic E-state index is 10.7. The number of aromatic carboxylic acids is 1. The van der Waals surface area contributed by atoms with Crippen molar-refractivity contribution in [1.29, 1.82) is 0 Å². The van der Waals surface area contributed by atoms with Gasteiger partial charge in [0.15, 0.2) is 0 Å². The van der Waals surface area contributed by atoms with E-state index in [-0.39, 0.29) is 31.0 Å². The summed E-state index contributed by atoms with van der Waals surface area (Å²) in [7, 11) is 0. The summed E-state index contributed by atoms with van der Waals surface area (Å²) in [5.41, 5.74) is 0.375. The van der Waals surface area contributed by atoms with Gasteiger partial charge in [-0.2, -0.15) is 0 Å². The molecule has 2 nitrogen and oxygen atoms in total. The number of carboxylic acids is 1. The van der Waals surface area contributed by atoms with E-state index in [0.717, 1.165) is 10.7 Å². The molecule has 0 spiro atoms. The van der Waals surface area contributed by atoms with Crippen molar-refractivity contribution in [3.05, 3.63) is 28.4 Å². The predicted octanol–water partition coefficient (Wildman–Crippen LogP) is 0.315. The first-order valence-corrected chi connectivity index (χ1v) is 6.14. The monoisotopic (exact) mass is 524 g/mol. The van der Waals surface area contributed by atoms with E-state index in [0.29, 0.717) is 5.56 Å². The van der Waals surface area contributed by atoms with Crippen molar-refractivity contribution in [2.45, 2.75) is 0 Å². The number of carbonyl (C=O) groups is 1. The molecule has 6 heteroatoms. The van der Waals surface area contributed by atoms with Crippen LogP contribution in [0.25, 0.3) is 0 Å². The van der Waals surface area contributed by atoms with Crippen LogP contribution in [0.1, 0.15) is 11.8 Å². The van der Waals surface area contributed by atoms with Crippen LogP contribution in [0, 0.1) is 10.7 Å². The average molecular weight is 524 g/mol. The van der Waals surface area contributed by atoms with Crippen molar-refractivity contribution >= 4 is 73.7 Å². The van der Waals surface area contributed by atoms with Gasteiger partial charge in [0.05, 0.1) is 5.56 Å². The van der Waals surface area contributed by atoms with Gasteiger partial charge in [-0.1, -0.05) is 0 Å². The smallest absolute Gasteiger partial charge is 1.00 e. The molecule has 0 saturated carbocycles. The molecule has 13 heavy (non-hydrogen) atoms. The number of carboxylic acid groups (broad SMARTS) is 1. The second-order valence-corrected chi connectivity index (χ2v) is 5.35. The topological polar surface area (TPSA) is 37.3 Å². The zero-order chi connectivity index (χ0) is 9.30. The third kappa shape index (κ3) is 3.74. The van der Waals surface area contributed by atoms with Crippen LogP contribution in [0.15, 0.2) is 12.1 Å². The molecule has 0 aromatic heterocycles. The Kier molecular flexibility index (Phi) is 7.39. The SMILES string of the molecule is O=C(O)c1ccc(I)c(I)c1I.[H-].[Na+]. The van der Waals surface area contributed by atoms with Crippen LogP contribution in [-0.2, 0) is 0 Å². The Morgan fingerprint density at radius 2 is 1.77 bits per heavy atom. The van der Waals surface area contributed by atoms with Crippen LogP contribution in [0.4, 0.5) is 0 Å². The van der Waals surface area contributed by atoms with Crippen LogP contribution in [0.2, 0.25) is 0 Å². The normalized spacial score (nSPS) is 9.15. The summed E-state index contributed by atoms with van der Waals surface area (Å²) in [6.07, 6.45) is 0. The molecule has 1 N–H and O–H groups in total. The van der Waals surface area contributed by atoms with E-state index in [1.54, 1.807) is 6.07 Å². The van der Waals surface area contributed by atoms with Gasteiger partial charge in [0.1, 0.15) is 0 Å². The summed E-state index contributed by atoms with van der Waals surface area (Å²) >= 11 is 6.39. The average Bonchev–Trinajstić information content (AvgIpc) is 2.00. The molecule has 1 rings (SSSR count). The van der Waals surface area contributed by atoms with Crippen molar-refractivity contribution in [2.24, 2.45) is 0 Å². The molecule has 0 amide bonds. The first-order valence-electron chi connectivity index (χ1n) is 2.91. The van der Waals surface area contributed by atoms with Gasteiger partial charge < -0.3 is 6.53 Å². The summed E-state index contributed by atoms with van der Waals surface area (Å²) in [6.45, 7) is 0. The van der Waals surface area contributed by atoms with Crippen molar-refractivity contribution in [3.8, 4) is 0 Å². The Morgan fingerprint density at radius 1 is 1.23 bits per heavy atom. The molecule has 0 radical (unpaired) electrons. The van der Waals surface area contributed by atoms with E-state index in [2.05, 4.69) is 67.8 Å². The zero-order valence-electron chi connectivity index (χ0n) is 7.64. The summed E-state index contributed by atoms with van der Waals surface area (Å²) in [6, 6.07) is 3.45. The summed E-state index contributed by atoms with van der Waals surface area (Å²) in [5.74, 6) is -0.867. The fourth-order valence-electron chi connectivity index (χ4n) is 0.691. The third-order valence-electron chi connectivity index (χ3n) is 1.27. The van der Waals surface area contributed by atoms with E-state index in [1.165, 1.54) is 0 Å². The Labute approximate surface area is 140 Å². The third-order valence-corrected chi connectivity index (χ3v) is 6.47. The Hall–Kier alpha value is 1.88. The number of halogens is 3. The molecule has 0 aliphatic heterocycles. The van der Waals surface area contributed by atoms with Crippen molar-refractivity contribution in [2.75, 3.05) is 0 Å². The van der Waals surface area contributed by atoms with Crippen LogP contribution >= 0.6 is 67.8 Å². The molecule has 66 valence electrons. The molecule has 0 unspecified atom stereocenters. The first-order chi connectivity index (χ1) is 5.54. The fourth-order valence-corrected chi connectivity index (χ4v) is 2.83. The van der Waals surface area contributed by atoms with Gasteiger partial charge in [-0.15, -0.1) is 0 Å². The van der Waals surface area contributed by atoms with Gasteiger partial charge in [-0.05, 0) is 79.9 Å². The van der Waals surface area contributed by atoms with Crippen LogP contribution in [0.5, 0.6) is 0 Å². The molecule has 0 saturated heterocycles. The van der Waals surface area contributed by atoms with Crippen molar-refractivity contribution < 1.29 is 40.9 Å². The second-order valence-electron chi connectivity index (χ2n) is 2.03. The van der Waals surface area contributed by atoms with Gasteiger partial charge in [0.25, 0.3) is 0 Å². The quantitative estimate of drug-likeness (QED) is 0.327. The minimum atomic E-state index is -0.867. The van der Waals surface area contributed by atoms with Crippen molar-refractivity contribution in [3.63, 3.8) is 0 Å². The molecule has 0 bridgehead atoms. The Bertz CT molecular complexity index is 346. The van der Waals surface area contributed by atoms with Crippen LogP contribution in [-0.4, -0.2) is 11.1 Å². The molecule has 0 aliphatic rings. The number of hydrogen-bond acceptors (Lipinski definition) is 1. The minimum Gasteiger partial charge on any atom is -1.00 e. The molecule has 0 atom stereocenters. The number of benzene rings is 1. The fraction of sp³-hybridized carbons (Fsp3) is 0. The molecule has 0 fully saturated rings. The maximum atomic E-state index is 10.7. The van der Waals surface area contributed by atoms with Gasteiger partial charge in [0.2, 0.25) is 0 Å². The number of hydrogen-bond donors (Lipinski definition) is 1.